The molecule has 13 heteroatoms. The number of carbonyl (C=O) groups is 3. The van der Waals surface area contributed by atoms with Gasteiger partial charge in [-0.3, -0.25) is 19.7 Å². The summed E-state index contributed by atoms with van der Waals surface area (Å²) in [5.41, 5.74) is 3.15. The number of anilines is 1. The molecule has 2 amide bonds. The first kappa shape index (κ1) is 32.8. The number of aromatic nitrogens is 1. The predicted octanol–water partition coefficient (Wildman–Crippen LogP) is 4.71. The quantitative estimate of drug-likeness (QED) is 0.170. The molecular formula is C31H31F4N5O3S. The Balaban J connectivity index is 0.000000670. The van der Waals surface area contributed by atoms with E-state index in [1.54, 1.807) is 17.6 Å². The number of carbonyl (C=O) groups excluding carboxylic acids is 3. The number of alkyl halides is 3. The number of hydrogen-bond donors (Lipinski definition) is 2. The minimum Gasteiger partial charge on any atom is -0.318 e. The highest BCUT2D eigenvalue weighted by Gasteiger charge is 2.39. The Morgan fingerprint density at radius 1 is 1.23 bits per heavy atom. The van der Waals surface area contributed by atoms with Crippen molar-refractivity contribution in [2.24, 2.45) is 0 Å². The number of thiazole rings is 1. The van der Waals surface area contributed by atoms with Gasteiger partial charge in [-0.15, -0.1) is 11.3 Å². The van der Waals surface area contributed by atoms with E-state index in [2.05, 4.69) is 32.4 Å². The van der Waals surface area contributed by atoms with Gasteiger partial charge in [-0.25, -0.2) is 9.37 Å². The second kappa shape index (κ2) is 15.1. The van der Waals surface area contributed by atoms with Crippen LogP contribution in [0.25, 0.3) is 0 Å². The number of nitrogens with zero attached hydrogens (tertiary/aromatic N) is 3. The highest BCUT2D eigenvalue weighted by Crippen LogP contribution is 2.35. The average molecular weight is 630 g/mol. The lowest BCUT2D eigenvalue weighted by molar-refractivity contribution is -0.156. The summed E-state index contributed by atoms with van der Waals surface area (Å²) in [5.74, 6) is 5.26. The molecule has 1 atom stereocenters. The number of aryl methyl sites for hydroxylation is 1. The topological polar surface area (TPSA) is 94.6 Å². The molecule has 44 heavy (non-hydrogen) atoms. The second-order valence-electron chi connectivity index (χ2n) is 10.2. The Hall–Kier alpha value is -4.12. The van der Waals surface area contributed by atoms with E-state index in [1.165, 1.54) is 28.4 Å². The average Bonchev–Trinajstić information content (AvgIpc) is 3.63. The molecule has 3 aromatic rings. The van der Waals surface area contributed by atoms with E-state index < -0.39 is 30.2 Å². The molecule has 1 aromatic heterocycles. The fourth-order valence-electron chi connectivity index (χ4n) is 5.00. The summed E-state index contributed by atoms with van der Waals surface area (Å²) in [5, 5.41) is 8.33. The molecule has 3 heterocycles. The van der Waals surface area contributed by atoms with Crippen LogP contribution in [0.2, 0.25) is 0 Å². The largest absolute Gasteiger partial charge is 0.446 e. The maximum absolute atomic E-state index is 14.3. The fraction of sp³-hybridized carbons (Fsp3) is 0.355. The zero-order valence-electron chi connectivity index (χ0n) is 23.9. The van der Waals surface area contributed by atoms with Crippen LogP contribution in [0, 0.1) is 24.6 Å². The van der Waals surface area contributed by atoms with Crippen LogP contribution < -0.4 is 10.6 Å². The third-order valence-corrected chi connectivity index (χ3v) is 7.76. The smallest absolute Gasteiger partial charge is 0.318 e. The van der Waals surface area contributed by atoms with Crippen LogP contribution in [0.15, 0.2) is 48.0 Å². The number of piperazine rings is 1. The number of nitrogens with one attached hydrogen (secondary N) is 2. The van der Waals surface area contributed by atoms with Crippen LogP contribution in [-0.4, -0.2) is 71.8 Å². The molecule has 1 saturated heterocycles. The van der Waals surface area contributed by atoms with Gasteiger partial charge >= 0.3 is 6.18 Å². The number of fused-ring (bicyclic) bond motifs is 1. The highest BCUT2D eigenvalue weighted by atomic mass is 32.1. The molecule has 0 aliphatic carbocycles. The summed E-state index contributed by atoms with van der Waals surface area (Å²) in [4.78, 5) is 44.1. The van der Waals surface area contributed by atoms with Crippen molar-refractivity contribution in [1.29, 1.82) is 0 Å². The van der Waals surface area contributed by atoms with Crippen molar-refractivity contribution in [3.05, 3.63) is 81.6 Å². The Kier molecular flexibility index (Phi) is 11.2. The van der Waals surface area contributed by atoms with E-state index >= 15 is 0 Å². The molecule has 0 saturated carbocycles. The molecule has 0 bridgehead atoms. The molecule has 1 fully saturated rings. The molecule has 232 valence electrons. The van der Waals surface area contributed by atoms with E-state index in [1.807, 2.05) is 25.1 Å². The van der Waals surface area contributed by atoms with Crippen LogP contribution in [0.5, 0.6) is 0 Å². The molecule has 0 spiro atoms. The Bertz CT molecular complexity index is 1530. The highest BCUT2D eigenvalue weighted by molar-refractivity contribution is 7.13. The van der Waals surface area contributed by atoms with Gasteiger partial charge in [0, 0.05) is 56.3 Å². The van der Waals surface area contributed by atoms with Gasteiger partial charge in [0.05, 0.1) is 5.56 Å². The molecule has 0 radical (unpaired) electrons. The SMILES string of the molecule is Cc1ccc(F)cc1C(C(=O)Nc1nccs1)N1Cc2cccc(C#CCCCN3CCNCC3)c2C1=O.O=CC(F)(F)F. The number of unbranched alkanes of at least 4 members (excludes halogenated alkanes) is 1. The zero-order valence-corrected chi connectivity index (χ0v) is 24.7. The van der Waals surface area contributed by atoms with E-state index in [0.717, 1.165) is 56.7 Å². The third kappa shape index (κ3) is 8.72. The number of benzene rings is 2. The van der Waals surface area contributed by atoms with Crippen molar-refractivity contribution in [2.45, 2.75) is 38.5 Å². The zero-order chi connectivity index (χ0) is 31.7. The lowest BCUT2D eigenvalue weighted by Crippen LogP contribution is -2.43. The summed E-state index contributed by atoms with van der Waals surface area (Å²) in [6.07, 6.45) is -2.39. The van der Waals surface area contributed by atoms with Crippen molar-refractivity contribution in [3.63, 3.8) is 0 Å². The third-order valence-electron chi connectivity index (χ3n) is 7.07. The normalized spacial score (nSPS) is 15.4. The van der Waals surface area contributed by atoms with Gasteiger partial charge in [0.2, 0.25) is 6.29 Å². The first-order valence-corrected chi connectivity index (χ1v) is 14.8. The summed E-state index contributed by atoms with van der Waals surface area (Å²) >= 11 is 1.28. The van der Waals surface area contributed by atoms with Crippen LogP contribution in [-0.2, 0) is 16.1 Å². The van der Waals surface area contributed by atoms with Crippen molar-refractivity contribution < 1.29 is 31.9 Å². The Morgan fingerprint density at radius 3 is 2.66 bits per heavy atom. The van der Waals surface area contributed by atoms with Crippen LogP contribution in [0.3, 0.4) is 0 Å². The molecule has 2 N–H and O–H groups in total. The summed E-state index contributed by atoms with van der Waals surface area (Å²) in [6, 6.07) is 8.91. The van der Waals surface area contributed by atoms with Gasteiger partial charge in [0.15, 0.2) is 5.13 Å². The predicted molar refractivity (Wildman–Crippen MR) is 158 cm³/mol. The lowest BCUT2D eigenvalue weighted by atomic mass is 9.99. The van der Waals surface area contributed by atoms with Gasteiger partial charge in [-0.05, 0) is 54.8 Å². The minimum absolute atomic E-state index is 0.235. The second-order valence-corrected chi connectivity index (χ2v) is 11.1. The number of hydrogen-bond acceptors (Lipinski definition) is 7. The van der Waals surface area contributed by atoms with E-state index in [9.17, 15) is 27.2 Å². The number of rotatable bonds is 7. The molecule has 2 aliphatic heterocycles. The maximum atomic E-state index is 14.3. The maximum Gasteiger partial charge on any atom is 0.446 e. The fourth-order valence-corrected chi connectivity index (χ4v) is 5.53. The summed E-state index contributed by atoms with van der Waals surface area (Å²) in [7, 11) is 0. The first-order valence-electron chi connectivity index (χ1n) is 13.9. The first-order chi connectivity index (χ1) is 21.1. The summed E-state index contributed by atoms with van der Waals surface area (Å²) < 4.78 is 45.6. The summed E-state index contributed by atoms with van der Waals surface area (Å²) in [6.45, 7) is 7.23. The molecule has 8 nitrogen and oxygen atoms in total. The van der Waals surface area contributed by atoms with Crippen molar-refractivity contribution in [1.82, 2.24) is 20.1 Å². The molecule has 2 aromatic carbocycles. The van der Waals surface area contributed by atoms with E-state index in [-0.39, 0.29) is 12.5 Å². The molecule has 5 rings (SSSR count). The van der Waals surface area contributed by atoms with Crippen LogP contribution >= 0.6 is 11.3 Å². The van der Waals surface area contributed by atoms with Gasteiger partial charge in [0.1, 0.15) is 11.9 Å². The van der Waals surface area contributed by atoms with Crippen molar-refractivity contribution in [2.75, 3.05) is 38.0 Å². The van der Waals surface area contributed by atoms with Crippen molar-refractivity contribution >= 4 is 34.6 Å². The Labute approximate surface area is 256 Å². The molecule has 1 unspecified atom stereocenters. The van der Waals surface area contributed by atoms with Crippen molar-refractivity contribution in [3.8, 4) is 11.8 Å². The van der Waals surface area contributed by atoms with Crippen LogP contribution in [0.4, 0.5) is 22.7 Å². The number of aldehydes is 1. The van der Waals surface area contributed by atoms with Gasteiger partial charge in [-0.1, -0.05) is 30.0 Å². The van der Waals surface area contributed by atoms with E-state index in [4.69, 9.17) is 4.79 Å². The van der Waals surface area contributed by atoms with Gasteiger partial charge in [0.25, 0.3) is 11.8 Å². The number of halogens is 4. The van der Waals surface area contributed by atoms with Gasteiger partial charge in [-0.2, -0.15) is 13.2 Å². The van der Waals surface area contributed by atoms with Gasteiger partial charge < -0.3 is 15.1 Å². The lowest BCUT2D eigenvalue weighted by Gasteiger charge is -2.28. The monoisotopic (exact) mass is 629 g/mol. The standard InChI is InChI=1S/C29H30FN5O2S.C2HF3O/c1-20-9-10-23(30)18-24(20)26(27(36)33-29-32-13-17-38-29)35-19-22-8-5-7-21(25(22)28(35)37)6-3-2-4-14-34-15-11-31-12-16-34;3-2(4,5)1-6/h5,7-10,13,17-18,26,31H,2,4,11-12,14-16,19H2,1H3,(H,32,33,36);1H. The minimum atomic E-state index is -4.64. The van der Waals surface area contributed by atoms with Crippen LogP contribution in [0.1, 0.15) is 51.5 Å². The molecular weight excluding hydrogens is 598 g/mol. The molecule has 2 aliphatic rings. The van der Waals surface area contributed by atoms with E-state index in [0.29, 0.717) is 21.8 Å². The number of amides is 2. The Morgan fingerprint density at radius 2 is 1.98 bits per heavy atom.